The number of hydrogen-bond donors (Lipinski definition) is 1. The molecular weight excluding hydrogens is 576 g/mol. The van der Waals surface area contributed by atoms with Gasteiger partial charge in [-0.1, -0.05) is 23.7 Å². The SMILES string of the molecule is Cc1c(S(=O)(=O)NC(O[P+](=O)[O-])c2ccc(C#N)c(F)c2)sc2ccc(OCC[n+]3ccccc3)c(Cl)c12. The first-order valence-electron chi connectivity index (χ1n) is 10.9. The molecule has 2 aromatic carbocycles. The van der Waals surface area contributed by atoms with Crippen LogP contribution in [0.4, 0.5) is 4.39 Å². The molecular formula is C24H19ClFN3O6PS2+. The smallest absolute Gasteiger partial charge is 0.490 e. The Balaban J connectivity index is 1.62. The van der Waals surface area contributed by atoms with E-state index in [1.54, 1.807) is 25.1 Å². The first kappa shape index (κ1) is 28.0. The summed E-state index contributed by atoms with van der Waals surface area (Å²) >= 11 is 7.52. The van der Waals surface area contributed by atoms with Crippen molar-refractivity contribution in [3.05, 3.63) is 88.5 Å². The second kappa shape index (κ2) is 11.8. The lowest BCUT2D eigenvalue weighted by atomic mass is 10.1. The maximum Gasteiger partial charge on any atom is 0.490 e. The second-order valence-corrected chi connectivity index (χ2v) is 11.9. The predicted molar refractivity (Wildman–Crippen MR) is 137 cm³/mol. The van der Waals surface area contributed by atoms with Crippen LogP contribution in [0.1, 0.15) is 22.9 Å². The van der Waals surface area contributed by atoms with Gasteiger partial charge >= 0.3 is 8.25 Å². The third kappa shape index (κ3) is 6.17. The number of rotatable bonds is 10. The Morgan fingerprint density at radius 2 is 2.00 bits per heavy atom. The zero-order valence-electron chi connectivity index (χ0n) is 19.6. The molecule has 0 saturated heterocycles. The standard InChI is InChI=1S/C24H19ClFN3O6PS2/c1-15-21-20(8-7-19(22(21)25)34-12-11-29-9-3-2-4-10-29)37-24(15)38(32,33)28-23(35-36(30)31)16-5-6-17(14-27)18(26)13-16/h2-10,13,23,28H,11-12H2,1H3/q+1. The molecule has 14 heteroatoms. The number of pyridine rings is 1. The number of nitrogens with zero attached hydrogens (tertiary/aromatic N) is 2. The number of benzene rings is 2. The molecule has 0 radical (unpaired) electrons. The molecule has 2 unspecified atom stereocenters. The number of halogens is 2. The summed E-state index contributed by atoms with van der Waals surface area (Å²) in [5, 5.41) is 9.63. The van der Waals surface area contributed by atoms with Gasteiger partial charge in [0.2, 0.25) is 6.23 Å². The monoisotopic (exact) mass is 594 g/mol. The highest BCUT2D eigenvalue weighted by atomic mass is 35.5. The van der Waals surface area contributed by atoms with E-state index >= 15 is 0 Å². The Bertz CT molecular complexity index is 1660. The van der Waals surface area contributed by atoms with E-state index in [0.29, 0.717) is 34.6 Å². The van der Waals surface area contributed by atoms with Crippen molar-refractivity contribution in [2.24, 2.45) is 0 Å². The summed E-state index contributed by atoms with van der Waals surface area (Å²) in [7, 11) is -7.89. The lowest BCUT2D eigenvalue weighted by molar-refractivity contribution is -0.697. The van der Waals surface area contributed by atoms with E-state index in [-0.39, 0.29) is 20.4 Å². The van der Waals surface area contributed by atoms with Crippen molar-refractivity contribution in [1.29, 1.82) is 5.26 Å². The summed E-state index contributed by atoms with van der Waals surface area (Å²) in [5.41, 5.74) is -0.119. The fraction of sp³-hybridized carbons (Fsp3) is 0.167. The largest absolute Gasteiger partial charge is 0.566 e. The van der Waals surface area contributed by atoms with E-state index in [4.69, 9.17) is 26.1 Å². The van der Waals surface area contributed by atoms with Crippen molar-refractivity contribution in [3.63, 3.8) is 0 Å². The molecule has 0 fully saturated rings. The van der Waals surface area contributed by atoms with E-state index in [1.807, 2.05) is 35.2 Å². The molecule has 0 aliphatic rings. The maximum atomic E-state index is 14.1. The van der Waals surface area contributed by atoms with Gasteiger partial charge in [0.05, 0.1) is 10.6 Å². The fourth-order valence-electron chi connectivity index (χ4n) is 3.68. The molecule has 9 nitrogen and oxygen atoms in total. The Hall–Kier alpha value is -3.01. The predicted octanol–water partition coefficient (Wildman–Crippen LogP) is 4.25. The second-order valence-electron chi connectivity index (χ2n) is 7.91. The number of nitrogens with one attached hydrogen (secondary N) is 1. The zero-order valence-corrected chi connectivity index (χ0v) is 22.9. The van der Waals surface area contributed by atoms with Crippen molar-refractivity contribution in [3.8, 4) is 11.8 Å². The van der Waals surface area contributed by atoms with Crippen molar-refractivity contribution in [2.75, 3.05) is 6.61 Å². The number of aromatic nitrogens is 1. The molecule has 1 N–H and O–H groups in total. The van der Waals surface area contributed by atoms with E-state index in [0.717, 1.165) is 23.5 Å². The average Bonchev–Trinajstić information content (AvgIpc) is 3.23. The van der Waals surface area contributed by atoms with Crippen LogP contribution >= 0.6 is 31.2 Å². The van der Waals surface area contributed by atoms with E-state index in [9.17, 15) is 22.3 Å². The van der Waals surface area contributed by atoms with Gasteiger partial charge in [-0.3, -0.25) is 0 Å². The maximum absolute atomic E-state index is 14.1. The minimum Gasteiger partial charge on any atom is -0.566 e. The van der Waals surface area contributed by atoms with Crippen LogP contribution in [-0.2, 0) is 25.7 Å². The average molecular weight is 595 g/mol. The molecule has 4 aromatic rings. The molecule has 0 bridgehead atoms. The summed E-state index contributed by atoms with van der Waals surface area (Å²) in [6, 6.07) is 13.8. The summed E-state index contributed by atoms with van der Waals surface area (Å²) in [6.45, 7) is 2.46. The Labute approximate surface area is 227 Å². The molecule has 2 aromatic heterocycles. The van der Waals surface area contributed by atoms with E-state index in [2.05, 4.69) is 4.72 Å². The van der Waals surface area contributed by atoms with Crippen LogP contribution in [-0.4, -0.2) is 15.0 Å². The number of fused-ring (bicyclic) bond motifs is 1. The van der Waals surface area contributed by atoms with Gasteiger partial charge in [-0.2, -0.15) is 9.98 Å². The minimum atomic E-state index is -4.37. The Morgan fingerprint density at radius 3 is 2.66 bits per heavy atom. The normalized spacial score (nSPS) is 12.8. The third-order valence-electron chi connectivity index (χ3n) is 5.45. The van der Waals surface area contributed by atoms with Gasteiger partial charge < -0.3 is 9.63 Å². The highest BCUT2D eigenvalue weighted by molar-refractivity contribution is 7.91. The summed E-state index contributed by atoms with van der Waals surface area (Å²) < 4.78 is 67.2. The van der Waals surface area contributed by atoms with Gasteiger partial charge in [0.25, 0.3) is 10.0 Å². The highest BCUT2D eigenvalue weighted by Gasteiger charge is 2.31. The van der Waals surface area contributed by atoms with E-state index in [1.165, 1.54) is 6.07 Å². The molecule has 2 heterocycles. The van der Waals surface area contributed by atoms with Gasteiger partial charge in [0.15, 0.2) is 18.9 Å². The minimum absolute atomic E-state index is 0.129. The highest BCUT2D eigenvalue weighted by Crippen LogP contribution is 2.42. The van der Waals surface area contributed by atoms with E-state index < -0.39 is 30.3 Å². The van der Waals surface area contributed by atoms with Crippen LogP contribution in [0.3, 0.4) is 0 Å². The van der Waals surface area contributed by atoms with Gasteiger partial charge in [-0.25, -0.2) is 17.4 Å². The van der Waals surface area contributed by atoms with Crippen molar-refractivity contribution in [2.45, 2.75) is 23.9 Å². The molecule has 38 heavy (non-hydrogen) atoms. The van der Waals surface area contributed by atoms with Crippen LogP contribution in [0.5, 0.6) is 5.75 Å². The topological polar surface area (TPSA) is 132 Å². The number of nitriles is 1. The molecule has 0 saturated carbocycles. The number of hydrogen-bond acceptors (Lipinski definition) is 8. The molecule has 0 amide bonds. The molecule has 4 rings (SSSR count). The number of sulfonamides is 1. The van der Waals surface area contributed by atoms with Gasteiger partial charge in [-0.15, -0.1) is 15.9 Å². The molecule has 0 aliphatic carbocycles. The Kier molecular flexibility index (Phi) is 8.70. The van der Waals surface area contributed by atoms with Crippen LogP contribution in [0.25, 0.3) is 10.1 Å². The first-order chi connectivity index (χ1) is 18.1. The number of thiophene rings is 1. The van der Waals surface area contributed by atoms with Gasteiger partial charge in [-0.05, 0) is 41.3 Å². The quantitative estimate of drug-likeness (QED) is 0.165. The molecule has 0 aliphatic heterocycles. The van der Waals surface area contributed by atoms with Crippen molar-refractivity contribution < 1.29 is 36.1 Å². The lowest BCUT2D eigenvalue weighted by Crippen LogP contribution is -2.35. The number of ether oxygens (including phenoxy) is 1. The van der Waals surface area contributed by atoms with Crippen LogP contribution in [0.15, 0.2) is 65.1 Å². The van der Waals surface area contributed by atoms with Crippen LogP contribution < -0.4 is 18.9 Å². The van der Waals surface area contributed by atoms with Crippen molar-refractivity contribution >= 4 is 51.3 Å². The van der Waals surface area contributed by atoms with Crippen LogP contribution in [0.2, 0.25) is 5.02 Å². The zero-order chi connectivity index (χ0) is 27.4. The summed E-state index contributed by atoms with van der Waals surface area (Å²) in [5.74, 6) is -0.576. The molecule has 196 valence electrons. The first-order valence-corrected chi connectivity index (χ1v) is 14.7. The molecule has 2 atom stereocenters. The lowest BCUT2D eigenvalue weighted by Gasteiger charge is -2.15. The summed E-state index contributed by atoms with van der Waals surface area (Å²) in [6.07, 6.45) is 2.03. The summed E-state index contributed by atoms with van der Waals surface area (Å²) in [4.78, 5) is 11.3. The third-order valence-corrected chi connectivity index (χ3v) is 9.49. The molecule has 0 spiro atoms. The van der Waals surface area contributed by atoms with Gasteiger partial charge in [0, 0.05) is 27.8 Å². The Morgan fingerprint density at radius 1 is 1.26 bits per heavy atom. The number of aryl methyl sites for hydroxylation is 1. The van der Waals surface area contributed by atoms with Crippen LogP contribution in [0, 0.1) is 24.1 Å². The van der Waals surface area contributed by atoms with Crippen molar-refractivity contribution in [1.82, 2.24) is 4.72 Å². The van der Waals surface area contributed by atoms with Gasteiger partial charge in [0.1, 0.15) is 28.5 Å². The fourth-order valence-corrected chi connectivity index (χ4v) is 7.39.